The number of fused-ring (bicyclic) bond motifs is 1. The standard InChI is InChI=1S/C31H39N7O2/c1-20(2)27-28(23-14-26(39-3)30-33-19-34-38(30)16-23)35-36-29(27)25-9-6-22(15-32-25)21-4-7-24(8-5-21)37-12-10-31(11-13-37)17-40-18-31/h6,9,14-16,19-21,24H,4-5,7-8,10-13,17-18H2,1-3H3,(H,35,36). The van der Waals surface area contributed by atoms with E-state index in [1.807, 2.05) is 12.3 Å². The highest BCUT2D eigenvalue weighted by Gasteiger charge is 2.42. The SMILES string of the molecule is COc1cc(-c2[nH]nc(-c3ccc(C4CCC(N5CCC6(CC5)COC6)CC4)cn3)c2C(C)C)cn2ncnc12. The first-order valence-electron chi connectivity index (χ1n) is 14.8. The Morgan fingerprint density at radius 1 is 1.07 bits per heavy atom. The van der Waals surface area contributed by atoms with Crippen LogP contribution < -0.4 is 4.74 Å². The summed E-state index contributed by atoms with van der Waals surface area (Å²) in [7, 11) is 1.65. The van der Waals surface area contributed by atoms with E-state index in [1.165, 1.54) is 63.5 Å². The second-order valence-electron chi connectivity index (χ2n) is 12.4. The van der Waals surface area contributed by atoms with Crippen LogP contribution in [0.15, 0.2) is 36.9 Å². The van der Waals surface area contributed by atoms with Crippen LogP contribution in [0.25, 0.3) is 28.3 Å². The fraction of sp³-hybridized carbons (Fsp3) is 0.548. The van der Waals surface area contributed by atoms with E-state index in [0.717, 1.165) is 47.5 Å². The second-order valence-corrected chi connectivity index (χ2v) is 12.4. The predicted octanol–water partition coefficient (Wildman–Crippen LogP) is 5.45. The number of hydrogen-bond acceptors (Lipinski definition) is 7. The maximum atomic E-state index is 5.59. The van der Waals surface area contributed by atoms with Crippen molar-refractivity contribution in [2.24, 2.45) is 5.41 Å². The zero-order chi connectivity index (χ0) is 27.3. The molecule has 3 aliphatic rings. The zero-order valence-electron chi connectivity index (χ0n) is 23.8. The van der Waals surface area contributed by atoms with Crippen LogP contribution in [0, 0.1) is 5.41 Å². The lowest BCUT2D eigenvalue weighted by Gasteiger charge is -2.49. The summed E-state index contributed by atoms with van der Waals surface area (Å²) in [5, 5.41) is 12.4. The largest absolute Gasteiger partial charge is 0.493 e. The van der Waals surface area contributed by atoms with Crippen LogP contribution in [0.3, 0.4) is 0 Å². The van der Waals surface area contributed by atoms with Crippen molar-refractivity contribution >= 4 is 5.65 Å². The average molecular weight is 542 g/mol. The van der Waals surface area contributed by atoms with E-state index in [4.69, 9.17) is 19.6 Å². The number of pyridine rings is 2. The summed E-state index contributed by atoms with van der Waals surface area (Å²) in [5.74, 6) is 1.52. The average Bonchev–Trinajstić information content (AvgIpc) is 3.64. The Morgan fingerprint density at radius 2 is 1.88 bits per heavy atom. The Balaban J connectivity index is 1.06. The van der Waals surface area contributed by atoms with E-state index in [1.54, 1.807) is 11.6 Å². The molecule has 0 bridgehead atoms. The normalized spacial score (nSPS) is 23.1. The molecule has 9 nitrogen and oxygen atoms in total. The van der Waals surface area contributed by atoms with Crippen molar-refractivity contribution in [3.63, 3.8) is 0 Å². The summed E-state index contributed by atoms with van der Waals surface area (Å²) in [4.78, 5) is 12.0. The lowest BCUT2D eigenvalue weighted by Crippen LogP contribution is -2.53. The highest BCUT2D eigenvalue weighted by molar-refractivity contribution is 5.75. The van der Waals surface area contributed by atoms with E-state index >= 15 is 0 Å². The Kier molecular flexibility index (Phi) is 6.59. The zero-order valence-corrected chi connectivity index (χ0v) is 23.8. The quantitative estimate of drug-likeness (QED) is 0.347. The Bertz CT molecular complexity index is 1470. The fourth-order valence-corrected chi connectivity index (χ4v) is 7.11. The third-order valence-corrected chi connectivity index (χ3v) is 9.62. The number of likely N-dealkylation sites (tertiary alicyclic amines) is 1. The summed E-state index contributed by atoms with van der Waals surface area (Å²) < 4.78 is 12.8. The first kappa shape index (κ1) is 25.7. The Labute approximate surface area is 235 Å². The van der Waals surface area contributed by atoms with Gasteiger partial charge in [-0.15, -0.1) is 0 Å². The number of nitrogens with zero attached hydrogens (tertiary/aromatic N) is 6. The molecule has 0 radical (unpaired) electrons. The molecule has 3 fully saturated rings. The number of aromatic nitrogens is 6. The van der Waals surface area contributed by atoms with E-state index in [2.05, 4.69) is 52.3 Å². The third kappa shape index (κ3) is 4.49. The Hall–Kier alpha value is -3.30. The van der Waals surface area contributed by atoms with Crippen LogP contribution in [-0.2, 0) is 4.74 Å². The first-order valence-corrected chi connectivity index (χ1v) is 14.8. The molecule has 1 spiro atoms. The van der Waals surface area contributed by atoms with Crippen LogP contribution in [0.2, 0.25) is 0 Å². The van der Waals surface area contributed by atoms with Crippen molar-refractivity contribution < 1.29 is 9.47 Å². The smallest absolute Gasteiger partial charge is 0.197 e. The van der Waals surface area contributed by atoms with Crippen molar-refractivity contribution in [3.05, 3.63) is 48.0 Å². The molecule has 7 rings (SSSR count). The van der Waals surface area contributed by atoms with Crippen LogP contribution >= 0.6 is 0 Å². The highest BCUT2D eigenvalue weighted by Crippen LogP contribution is 2.42. The Morgan fingerprint density at radius 3 is 2.52 bits per heavy atom. The number of rotatable bonds is 6. The molecule has 0 amide bonds. The van der Waals surface area contributed by atoms with E-state index < -0.39 is 0 Å². The van der Waals surface area contributed by atoms with E-state index in [9.17, 15) is 0 Å². The number of aromatic amines is 1. The molecular formula is C31H39N7O2. The van der Waals surface area contributed by atoms with Gasteiger partial charge in [-0.2, -0.15) is 10.2 Å². The van der Waals surface area contributed by atoms with Crippen molar-refractivity contribution in [2.75, 3.05) is 33.4 Å². The van der Waals surface area contributed by atoms with Crippen LogP contribution in [-0.4, -0.2) is 74.1 Å². The molecule has 1 N–H and O–H groups in total. The molecular weight excluding hydrogens is 502 g/mol. The number of methoxy groups -OCH3 is 1. The van der Waals surface area contributed by atoms with Gasteiger partial charge < -0.3 is 14.4 Å². The topological polar surface area (TPSA) is 93.5 Å². The minimum absolute atomic E-state index is 0.249. The third-order valence-electron chi connectivity index (χ3n) is 9.62. The number of hydrogen-bond donors (Lipinski definition) is 1. The van der Waals surface area contributed by atoms with Crippen molar-refractivity contribution in [1.29, 1.82) is 0 Å². The van der Waals surface area contributed by atoms with Gasteiger partial charge in [-0.05, 0) is 81.1 Å². The summed E-state index contributed by atoms with van der Waals surface area (Å²) in [6.45, 7) is 8.86. The fourth-order valence-electron chi connectivity index (χ4n) is 7.11. The van der Waals surface area contributed by atoms with Gasteiger partial charge in [-0.25, -0.2) is 9.50 Å². The molecule has 4 aromatic rings. The molecule has 2 aliphatic heterocycles. The molecule has 2 saturated heterocycles. The van der Waals surface area contributed by atoms with Gasteiger partial charge in [0, 0.05) is 35.0 Å². The van der Waals surface area contributed by atoms with Crippen LogP contribution in [0.4, 0.5) is 0 Å². The van der Waals surface area contributed by atoms with Gasteiger partial charge in [-0.1, -0.05) is 19.9 Å². The van der Waals surface area contributed by atoms with Gasteiger partial charge >= 0.3 is 0 Å². The number of ether oxygens (including phenoxy) is 2. The summed E-state index contributed by atoms with van der Waals surface area (Å²) in [6, 6.07) is 7.16. The monoisotopic (exact) mass is 541 g/mol. The number of nitrogens with one attached hydrogen (secondary N) is 1. The molecule has 40 heavy (non-hydrogen) atoms. The number of piperidine rings is 1. The first-order chi connectivity index (χ1) is 19.5. The van der Waals surface area contributed by atoms with Gasteiger partial charge in [0.25, 0.3) is 0 Å². The number of H-pyrrole nitrogens is 1. The molecule has 6 heterocycles. The predicted molar refractivity (Wildman–Crippen MR) is 153 cm³/mol. The van der Waals surface area contributed by atoms with E-state index in [0.29, 0.717) is 22.7 Å². The molecule has 0 aromatic carbocycles. The minimum atomic E-state index is 0.249. The van der Waals surface area contributed by atoms with Gasteiger partial charge in [0.1, 0.15) is 12.0 Å². The molecule has 1 saturated carbocycles. The molecule has 210 valence electrons. The van der Waals surface area contributed by atoms with Gasteiger partial charge in [0.15, 0.2) is 11.4 Å². The lowest BCUT2D eigenvalue weighted by atomic mass is 9.75. The summed E-state index contributed by atoms with van der Waals surface area (Å²) in [6.07, 6.45) is 13.3. The molecule has 9 heteroatoms. The van der Waals surface area contributed by atoms with Crippen molar-refractivity contribution in [1.82, 2.24) is 34.7 Å². The van der Waals surface area contributed by atoms with E-state index in [-0.39, 0.29) is 5.92 Å². The summed E-state index contributed by atoms with van der Waals surface area (Å²) >= 11 is 0. The van der Waals surface area contributed by atoms with Gasteiger partial charge in [0.2, 0.25) is 0 Å². The maximum absolute atomic E-state index is 5.59. The molecule has 0 atom stereocenters. The maximum Gasteiger partial charge on any atom is 0.197 e. The van der Waals surface area contributed by atoms with Gasteiger partial charge in [-0.3, -0.25) is 10.1 Å². The highest BCUT2D eigenvalue weighted by atomic mass is 16.5. The lowest BCUT2D eigenvalue weighted by molar-refractivity contribution is -0.143. The van der Waals surface area contributed by atoms with Crippen molar-refractivity contribution in [2.45, 2.75) is 70.3 Å². The van der Waals surface area contributed by atoms with Gasteiger partial charge in [0.05, 0.1) is 31.7 Å². The molecule has 4 aromatic heterocycles. The van der Waals surface area contributed by atoms with Crippen LogP contribution in [0.1, 0.15) is 75.3 Å². The van der Waals surface area contributed by atoms with Crippen LogP contribution in [0.5, 0.6) is 5.75 Å². The minimum Gasteiger partial charge on any atom is -0.493 e. The molecule has 1 aliphatic carbocycles. The molecule has 0 unspecified atom stereocenters. The second kappa shape index (κ2) is 10.3. The summed E-state index contributed by atoms with van der Waals surface area (Å²) in [5.41, 5.74) is 7.42. The van der Waals surface area contributed by atoms with Crippen molar-refractivity contribution in [3.8, 4) is 28.4 Å².